The van der Waals surface area contributed by atoms with Crippen LogP contribution in [0.4, 0.5) is 0 Å². The predicted octanol–water partition coefficient (Wildman–Crippen LogP) is 5.24. The van der Waals surface area contributed by atoms with E-state index in [2.05, 4.69) is 79.1 Å². The summed E-state index contributed by atoms with van der Waals surface area (Å²) in [5, 5.41) is 1.30. The fraction of sp³-hybridized carbons (Fsp3) is 0.905. The van der Waals surface area contributed by atoms with Crippen molar-refractivity contribution in [2.24, 2.45) is 4.99 Å². The third-order valence-electron chi connectivity index (χ3n) is 6.73. The Hall–Kier alpha value is 0.134. The van der Waals surface area contributed by atoms with Gasteiger partial charge in [-0.3, -0.25) is 4.99 Å². The largest absolute Gasteiger partial charge is 0.414 e. The minimum atomic E-state index is -1.96. The van der Waals surface area contributed by atoms with Gasteiger partial charge in [-0.25, -0.2) is 0 Å². The average Bonchev–Trinajstić information content (AvgIpc) is 2.95. The summed E-state index contributed by atoms with van der Waals surface area (Å²) in [6.45, 7) is 23.3. The number of rotatable bonds is 5. The van der Waals surface area contributed by atoms with Crippen molar-refractivity contribution >= 4 is 33.6 Å². The Labute approximate surface area is 185 Å². The Kier molecular flexibility index (Phi) is 7.51. The Morgan fingerprint density at radius 3 is 2.07 bits per heavy atom. The van der Waals surface area contributed by atoms with E-state index in [0.29, 0.717) is 6.61 Å². The quantitative estimate of drug-likeness (QED) is 0.527. The molecular weight excluding hydrogens is 416 g/mol. The van der Waals surface area contributed by atoms with Gasteiger partial charge in [0.25, 0.3) is 0 Å². The summed E-state index contributed by atoms with van der Waals surface area (Å²) in [6.07, 6.45) is 3.24. The van der Waals surface area contributed by atoms with Gasteiger partial charge in [-0.1, -0.05) is 53.3 Å². The van der Waals surface area contributed by atoms with Gasteiger partial charge >= 0.3 is 0 Å². The molecule has 0 spiro atoms. The molecule has 1 fully saturated rings. The zero-order valence-corrected chi connectivity index (χ0v) is 23.4. The second-order valence-electron chi connectivity index (χ2n) is 11.4. The molecule has 29 heavy (non-hydrogen) atoms. The van der Waals surface area contributed by atoms with Crippen LogP contribution in [-0.2, 0) is 13.6 Å². The third kappa shape index (κ3) is 5.89. The maximum atomic E-state index is 6.78. The standard InChI is InChI=1S/C21H42N2O3SSi2/c1-20(2,3)28(9,10)24-14-15-13-16(26-29(11,12)21(4,5)6)17-18(25-15)27-19(22-17)23(7)8/h15-18H,14H2,1-12H3/t15-,16-,17-,18-/m1/s1. The first kappa shape index (κ1) is 25.4. The molecule has 0 amide bonds. The minimum Gasteiger partial charge on any atom is -0.414 e. The van der Waals surface area contributed by atoms with E-state index in [-0.39, 0.29) is 33.8 Å². The molecule has 0 aromatic heterocycles. The molecule has 2 rings (SSSR count). The van der Waals surface area contributed by atoms with Crippen molar-refractivity contribution in [1.82, 2.24) is 4.90 Å². The summed E-state index contributed by atoms with van der Waals surface area (Å²) >= 11 is 1.69. The van der Waals surface area contributed by atoms with E-state index in [1.807, 2.05) is 14.1 Å². The van der Waals surface area contributed by atoms with Gasteiger partial charge in [-0.15, -0.1) is 0 Å². The van der Waals surface area contributed by atoms with Crippen molar-refractivity contribution in [2.45, 2.75) is 101 Å². The zero-order chi connectivity index (χ0) is 22.4. The molecule has 0 unspecified atom stereocenters. The molecule has 2 heterocycles. The Morgan fingerprint density at radius 1 is 1.03 bits per heavy atom. The maximum absolute atomic E-state index is 6.78. The second-order valence-corrected chi connectivity index (χ2v) is 22.1. The fourth-order valence-electron chi connectivity index (χ4n) is 2.60. The molecule has 0 N–H and O–H groups in total. The van der Waals surface area contributed by atoms with Gasteiger partial charge < -0.3 is 18.5 Å². The van der Waals surface area contributed by atoms with E-state index in [1.54, 1.807) is 11.8 Å². The molecule has 0 aromatic carbocycles. The molecule has 0 bridgehead atoms. The topological polar surface area (TPSA) is 43.3 Å². The van der Waals surface area contributed by atoms with E-state index in [1.165, 1.54) is 0 Å². The van der Waals surface area contributed by atoms with Crippen LogP contribution < -0.4 is 0 Å². The number of hydrogen-bond donors (Lipinski definition) is 0. The van der Waals surface area contributed by atoms with Gasteiger partial charge in [0.1, 0.15) is 11.5 Å². The number of amidine groups is 1. The number of nitrogens with zero attached hydrogens (tertiary/aromatic N) is 2. The lowest BCUT2D eigenvalue weighted by Gasteiger charge is -2.44. The van der Waals surface area contributed by atoms with Crippen molar-refractivity contribution < 1.29 is 13.6 Å². The predicted molar refractivity (Wildman–Crippen MR) is 130 cm³/mol. The minimum absolute atomic E-state index is 0.0450. The molecule has 8 heteroatoms. The van der Waals surface area contributed by atoms with Crippen LogP contribution in [-0.4, -0.2) is 71.1 Å². The van der Waals surface area contributed by atoms with Gasteiger partial charge in [-0.2, -0.15) is 0 Å². The highest BCUT2D eigenvalue weighted by Gasteiger charge is 2.49. The molecule has 2 aliphatic heterocycles. The van der Waals surface area contributed by atoms with E-state index in [0.717, 1.165) is 5.17 Å². The summed E-state index contributed by atoms with van der Waals surface area (Å²) in [5.74, 6) is 0. The summed E-state index contributed by atoms with van der Waals surface area (Å²) in [7, 11) is 0.241. The van der Waals surface area contributed by atoms with Crippen molar-refractivity contribution in [1.29, 1.82) is 0 Å². The van der Waals surface area contributed by atoms with E-state index >= 15 is 0 Å². The smallest absolute Gasteiger partial charge is 0.192 e. The third-order valence-corrected chi connectivity index (χ3v) is 17.0. The normalized spacial score (nSPS) is 28.9. The van der Waals surface area contributed by atoms with Gasteiger partial charge in [0.05, 0.1) is 18.8 Å². The average molecular weight is 459 g/mol. The molecule has 5 nitrogen and oxygen atoms in total. The van der Waals surface area contributed by atoms with Crippen LogP contribution >= 0.6 is 11.8 Å². The molecule has 168 valence electrons. The van der Waals surface area contributed by atoms with Crippen LogP contribution in [0.3, 0.4) is 0 Å². The highest BCUT2D eigenvalue weighted by Crippen LogP contribution is 2.43. The van der Waals surface area contributed by atoms with Crippen LogP contribution in [0.5, 0.6) is 0 Å². The lowest BCUT2D eigenvalue weighted by atomic mass is 10.0. The SMILES string of the molecule is CN(C)C1=N[C@H]2[C@H](O[C@@H](CO[Si](C)(C)C(C)(C)C)[C][C@H]2O[Si](C)(C)C(C)(C)C)S1. The van der Waals surface area contributed by atoms with Gasteiger partial charge in [-0.05, 0) is 36.3 Å². The Balaban J connectivity index is 2.18. The first-order chi connectivity index (χ1) is 12.9. The molecule has 2 aliphatic rings. The molecular formula is C21H42N2O3SSi2. The van der Waals surface area contributed by atoms with Crippen LogP contribution in [0.2, 0.25) is 36.3 Å². The summed E-state index contributed by atoms with van der Waals surface area (Å²) in [6, 6.07) is -0.0457. The second kappa shape index (κ2) is 8.58. The fourth-order valence-corrected chi connectivity index (χ4v) is 5.93. The molecule has 2 radical (unpaired) electrons. The van der Waals surface area contributed by atoms with Gasteiger partial charge in [0, 0.05) is 20.5 Å². The van der Waals surface area contributed by atoms with E-state index < -0.39 is 16.6 Å². The van der Waals surface area contributed by atoms with Crippen molar-refractivity contribution in [3.8, 4) is 0 Å². The highest BCUT2D eigenvalue weighted by atomic mass is 32.2. The van der Waals surface area contributed by atoms with Crippen LogP contribution in [0.25, 0.3) is 0 Å². The van der Waals surface area contributed by atoms with Crippen molar-refractivity contribution in [3.63, 3.8) is 0 Å². The van der Waals surface area contributed by atoms with Crippen LogP contribution in [0, 0.1) is 6.42 Å². The van der Waals surface area contributed by atoms with E-state index in [4.69, 9.17) is 18.6 Å². The number of fused-ring (bicyclic) bond motifs is 1. The summed E-state index contributed by atoms with van der Waals surface area (Å²) in [5.41, 5.74) is -0.0450. The number of hydrogen-bond acceptors (Lipinski definition) is 6. The maximum Gasteiger partial charge on any atom is 0.192 e. The van der Waals surface area contributed by atoms with Crippen LogP contribution in [0.1, 0.15) is 41.5 Å². The highest BCUT2D eigenvalue weighted by molar-refractivity contribution is 8.14. The molecule has 0 aliphatic carbocycles. The first-order valence-corrected chi connectivity index (χ1v) is 17.3. The van der Waals surface area contributed by atoms with Crippen molar-refractivity contribution in [2.75, 3.05) is 20.7 Å². The number of aliphatic imine (C=N–C) groups is 1. The molecule has 0 aromatic rings. The monoisotopic (exact) mass is 458 g/mol. The van der Waals surface area contributed by atoms with Crippen molar-refractivity contribution in [3.05, 3.63) is 6.42 Å². The lowest BCUT2D eigenvalue weighted by Crippen LogP contribution is -2.54. The van der Waals surface area contributed by atoms with Gasteiger partial charge in [0.2, 0.25) is 0 Å². The van der Waals surface area contributed by atoms with Crippen LogP contribution in [0.15, 0.2) is 4.99 Å². The molecule has 0 saturated carbocycles. The Morgan fingerprint density at radius 2 is 1.59 bits per heavy atom. The molecule has 1 saturated heterocycles. The summed E-state index contributed by atoms with van der Waals surface area (Å²) in [4.78, 5) is 6.98. The number of thioether (sulfide) groups is 1. The Bertz CT molecular complexity index is 612. The first-order valence-electron chi connectivity index (χ1n) is 10.6. The molecule has 4 atom stereocenters. The summed E-state index contributed by atoms with van der Waals surface area (Å²) < 4.78 is 19.6. The van der Waals surface area contributed by atoms with Gasteiger partial charge in [0.15, 0.2) is 21.8 Å². The number of ether oxygens (including phenoxy) is 1. The zero-order valence-electron chi connectivity index (χ0n) is 20.5. The van der Waals surface area contributed by atoms with E-state index in [9.17, 15) is 0 Å². The lowest BCUT2D eigenvalue weighted by molar-refractivity contribution is -0.0452.